The van der Waals surface area contributed by atoms with Crippen molar-refractivity contribution in [1.82, 2.24) is 4.98 Å². The number of hydrogen-bond donors (Lipinski definition) is 0. The van der Waals surface area contributed by atoms with Crippen LogP contribution in [-0.4, -0.2) is 15.9 Å². The molecule has 4 nitrogen and oxygen atoms in total. The highest BCUT2D eigenvalue weighted by atomic mass is 35.5. The number of carbonyl (C=O) groups is 1. The third kappa shape index (κ3) is 3.10. The number of thioether (sulfide) groups is 1. The zero-order valence-electron chi connectivity index (χ0n) is 17.5. The van der Waals surface area contributed by atoms with Gasteiger partial charge in [-0.05, 0) is 53.9 Å². The molecule has 3 aromatic rings. The van der Waals surface area contributed by atoms with Crippen molar-refractivity contribution in [2.75, 3.05) is 4.90 Å². The molecule has 2 aromatic carbocycles. The first kappa shape index (κ1) is 20.3. The molecular weight excluding hydrogens is 461 g/mol. The zero-order valence-corrected chi connectivity index (χ0v) is 19.9. The minimum Gasteiger partial charge on any atom is -0.308 e. The van der Waals surface area contributed by atoms with Crippen LogP contribution in [0.1, 0.15) is 38.3 Å². The number of rotatable bonds is 1. The number of hydrogen-bond acceptors (Lipinski definition) is 5. The van der Waals surface area contributed by atoms with Crippen LogP contribution in [0.4, 0.5) is 5.69 Å². The number of allylic oxidation sites excluding steroid dienone is 1. The van der Waals surface area contributed by atoms with Crippen LogP contribution in [0.25, 0.3) is 10.9 Å². The molecule has 0 fully saturated rings. The molecule has 6 rings (SSSR count). The number of fused-ring (bicyclic) bond motifs is 4. The molecule has 2 aliphatic heterocycles. The second-order valence-corrected chi connectivity index (χ2v) is 11.0. The Morgan fingerprint density at radius 3 is 2.75 bits per heavy atom. The maximum atomic E-state index is 13.5. The summed E-state index contributed by atoms with van der Waals surface area (Å²) in [6.45, 7) is 4.24. The third-order valence-electron chi connectivity index (χ3n) is 6.25. The maximum Gasteiger partial charge on any atom is 0.174 e. The van der Waals surface area contributed by atoms with Crippen molar-refractivity contribution >= 4 is 62.5 Å². The van der Waals surface area contributed by atoms with Gasteiger partial charge in [-0.3, -0.25) is 4.79 Å². The van der Waals surface area contributed by atoms with Crippen LogP contribution in [0, 0.1) is 5.41 Å². The molecule has 1 atom stereocenters. The van der Waals surface area contributed by atoms with E-state index in [-0.39, 0.29) is 17.2 Å². The number of aliphatic imine (C=N–C) groups is 1. The molecule has 0 bridgehead atoms. The van der Waals surface area contributed by atoms with E-state index in [1.807, 2.05) is 42.5 Å². The molecular formula is C25H19Cl2N3OS. The van der Waals surface area contributed by atoms with E-state index in [0.29, 0.717) is 16.6 Å². The van der Waals surface area contributed by atoms with E-state index in [1.54, 1.807) is 11.8 Å². The van der Waals surface area contributed by atoms with Crippen LogP contribution in [-0.2, 0) is 4.79 Å². The van der Waals surface area contributed by atoms with E-state index in [0.717, 1.165) is 49.9 Å². The van der Waals surface area contributed by atoms with Crippen molar-refractivity contribution in [2.45, 2.75) is 37.6 Å². The molecule has 0 radical (unpaired) electrons. The number of nitrogens with zero attached hydrogens (tertiary/aromatic N) is 3. The normalized spacial score (nSPS) is 21.4. The maximum absolute atomic E-state index is 13.5. The fourth-order valence-corrected chi connectivity index (χ4v) is 6.49. The molecule has 0 N–H and O–H groups in total. The molecule has 160 valence electrons. The van der Waals surface area contributed by atoms with Gasteiger partial charge in [0.15, 0.2) is 11.0 Å². The lowest BCUT2D eigenvalue weighted by Crippen LogP contribution is -2.40. The van der Waals surface area contributed by atoms with Gasteiger partial charge in [-0.15, -0.1) is 0 Å². The summed E-state index contributed by atoms with van der Waals surface area (Å²) in [4.78, 5) is 26.3. The van der Waals surface area contributed by atoms with Crippen molar-refractivity contribution in [3.8, 4) is 0 Å². The molecule has 0 saturated heterocycles. The standard InChI is InChI=1S/C25H19Cl2N3OS/c1-25(2)11-17-21(19(31)12-25)22(15-9-13-5-3-4-6-16(13)28-23(15)27)30-18-8-7-14(26)10-20(18)32-24(30)29-17/h3-10,22H,11-12H2,1-2H3. The predicted octanol–water partition coefficient (Wildman–Crippen LogP) is 7.21. The topological polar surface area (TPSA) is 45.6 Å². The zero-order chi connectivity index (χ0) is 22.2. The Morgan fingerprint density at radius 1 is 1.09 bits per heavy atom. The minimum atomic E-state index is -0.374. The Kier molecular flexibility index (Phi) is 4.49. The first-order valence-corrected chi connectivity index (χ1v) is 12.0. The van der Waals surface area contributed by atoms with E-state index in [1.165, 1.54) is 0 Å². The van der Waals surface area contributed by atoms with Crippen molar-refractivity contribution < 1.29 is 4.79 Å². The summed E-state index contributed by atoms with van der Waals surface area (Å²) in [5.41, 5.74) is 4.10. The smallest absolute Gasteiger partial charge is 0.174 e. The van der Waals surface area contributed by atoms with Crippen molar-refractivity contribution in [1.29, 1.82) is 0 Å². The van der Waals surface area contributed by atoms with Gasteiger partial charge in [0.05, 0.1) is 22.9 Å². The third-order valence-corrected chi connectivity index (χ3v) is 7.80. The fourth-order valence-electron chi connectivity index (χ4n) is 4.90. The first-order valence-electron chi connectivity index (χ1n) is 10.5. The highest BCUT2D eigenvalue weighted by Crippen LogP contribution is 2.54. The minimum absolute atomic E-state index is 0.126. The van der Waals surface area contributed by atoms with E-state index >= 15 is 0 Å². The Morgan fingerprint density at radius 2 is 1.91 bits per heavy atom. The van der Waals surface area contributed by atoms with E-state index in [2.05, 4.69) is 29.8 Å². The summed E-state index contributed by atoms with van der Waals surface area (Å²) in [5, 5.41) is 2.92. The van der Waals surface area contributed by atoms with E-state index in [9.17, 15) is 4.79 Å². The second-order valence-electron chi connectivity index (χ2n) is 9.24. The number of ketones is 1. The van der Waals surface area contributed by atoms with Gasteiger partial charge in [-0.2, -0.15) is 0 Å². The highest BCUT2D eigenvalue weighted by Gasteiger charge is 2.46. The number of aromatic nitrogens is 1. The fraction of sp³-hybridized carbons (Fsp3) is 0.240. The van der Waals surface area contributed by atoms with Gasteiger partial charge in [0.2, 0.25) is 0 Å². The number of anilines is 1. The second kappa shape index (κ2) is 7.08. The van der Waals surface area contributed by atoms with Crippen molar-refractivity contribution in [3.05, 3.63) is 75.5 Å². The SMILES string of the molecule is CC1(C)CC(=O)C2=C(C1)N=C1Sc3cc(Cl)ccc3N1C2c1cc2ccccc2nc1Cl. The Balaban J connectivity index is 1.62. The average molecular weight is 480 g/mol. The Bertz CT molecular complexity index is 1400. The highest BCUT2D eigenvalue weighted by molar-refractivity contribution is 8.14. The van der Waals surface area contributed by atoms with E-state index < -0.39 is 0 Å². The number of Topliss-reactive ketones (excluding diaryl/α,β-unsaturated/α-hetero) is 1. The van der Waals surface area contributed by atoms with E-state index in [4.69, 9.17) is 28.2 Å². The summed E-state index contributed by atoms with van der Waals surface area (Å²) in [6, 6.07) is 15.4. The largest absolute Gasteiger partial charge is 0.308 e. The van der Waals surface area contributed by atoms with Crippen LogP contribution in [0.15, 0.2) is 69.7 Å². The lowest BCUT2D eigenvalue weighted by Gasteiger charge is -2.40. The molecule has 1 aliphatic carbocycles. The molecule has 1 unspecified atom stereocenters. The molecule has 0 saturated carbocycles. The Hall–Kier alpha value is -2.34. The summed E-state index contributed by atoms with van der Waals surface area (Å²) < 4.78 is 0. The quantitative estimate of drug-likeness (QED) is 0.346. The summed E-state index contributed by atoms with van der Waals surface area (Å²) >= 11 is 14.6. The average Bonchev–Trinajstić information content (AvgIpc) is 3.07. The van der Waals surface area contributed by atoms with Crippen LogP contribution in [0.2, 0.25) is 10.2 Å². The van der Waals surface area contributed by atoms with Crippen LogP contribution in [0.3, 0.4) is 0 Å². The molecule has 32 heavy (non-hydrogen) atoms. The van der Waals surface area contributed by atoms with Gasteiger partial charge >= 0.3 is 0 Å². The van der Waals surface area contributed by atoms with Crippen molar-refractivity contribution in [3.63, 3.8) is 0 Å². The van der Waals surface area contributed by atoms with Crippen molar-refractivity contribution in [2.24, 2.45) is 10.4 Å². The van der Waals surface area contributed by atoms with Gasteiger partial charge in [-0.25, -0.2) is 9.98 Å². The predicted molar refractivity (Wildman–Crippen MR) is 132 cm³/mol. The molecule has 0 amide bonds. The number of benzene rings is 2. The lowest BCUT2D eigenvalue weighted by molar-refractivity contribution is -0.118. The lowest BCUT2D eigenvalue weighted by atomic mass is 9.73. The number of para-hydroxylation sites is 1. The molecule has 1 aromatic heterocycles. The first-order chi connectivity index (χ1) is 15.3. The summed E-state index contributed by atoms with van der Waals surface area (Å²) in [5.74, 6) is 0.126. The van der Waals surface area contributed by atoms with Gasteiger partial charge in [0.1, 0.15) is 5.15 Å². The molecule has 3 aliphatic rings. The van der Waals surface area contributed by atoms with Gasteiger partial charge in [0.25, 0.3) is 0 Å². The van der Waals surface area contributed by atoms with Crippen LogP contribution >= 0.6 is 35.0 Å². The van der Waals surface area contributed by atoms with Gasteiger partial charge in [0, 0.05) is 32.9 Å². The summed E-state index contributed by atoms with van der Waals surface area (Å²) in [7, 11) is 0. The molecule has 7 heteroatoms. The van der Waals surface area contributed by atoms with Crippen LogP contribution in [0.5, 0.6) is 0 Å². The number of amidine groups is 1. The van der Waals surface area contributed by atoms with Gasteiger partial charge in [-0.1, -0.05) is 55.2 Å². The number of carbonyl (C=O) groups excluding carboxylic acids is 1. The van der Waals surface area contributed by atoms with Gasteiger partial charge < -0.3 is 4.90 Å². The van der Waals surface area contributed by atoms with Crippen LogP contribution < -0.4 is 4.90 Å². The number of pyridine rings is 1. The molecule has 3 heterocycles. The summed E-state index contributed by atoms with van der Waals surface area (Å²) in [6.07, 6.45) is 1.23. The number of halogens is 2. The Labute approximate surface area is 200 Å². The molecule has 0 spiro atoms. The monoisotopic (exact) mass is 479 g/mol.